The molecule has 1 amide bonds. The van der Waals surface area contributed by atoms with Crippen LogP contribution in [0.5, 0.6) is 0 Å². The molecule has 2 saturated heterocycles. The SMILES string of the molecule is CCCCCCN1CC[C@H]2CC(=O)N(Cc3ccccc3)C[C@H](O)C(C)(C)COCCC[C@H]2C1. The van der Waals surface area contributed by atoms with E-state index in [-0.39, 0.29) is 5.91 Å². The molecule has 0 bridgehead atoms. The van der Waals surface area contributed by atoms with Gasteiger partial charge in [-0.05, 0) is 56.2 Å². The minimum absolute atomic E-state index is 0.185. The normalized spacial score (nSPS) is 27.4. The number of carbonyl (C=O) groups is 1. The van der Waals surface area contributed by atoms with Crippen molar-refractivity contribution in [2.24, 2.45) is 17.3 Å². The number of fused-ring (bicyclic) bond motifs is 1. The van der Waals surface area contributed by atoms with Crippen LogP contribution in [0.15, 0.2) is 30.3 Å². The summed E-state index contributed by atoms with van der Waals surface area (Å²) >= 11 is 0. The maximum absolute atomic E-state index is 13.6. The molecule has 3 rings (SSSR count). The fourth-order valence-corrected chi connectivity index (χ4v) is 5.46. The number of unbranched alkanes of at least 4 members (excludes halogenated alkanes) is 3. The zero-order valence-electron chi connectivity index (χ0n) is 21.9. The number of hydrogen-bond acceptors (Lipinski definition) is 4. The number of benzene rings is 1. The Morgan fingerprint density at radius 1 is 1.06 bits per heavy atom. The van der Waals surface area contributed by atoms with E-state index in [2.05, 4.69) is 24.0 Å². The van der Waals surface area contributed by atoms with Crippen LogP contribution in [0.3, 0.4) is 0 Å². The average molecular weight is 473 g/mol. The highest BCUT2D eigenvalue weighted by Crippen LogP contribution is 2.32. The van der Waals surface area contributed by atoms with E-state index in [1.165, 1.54) is 32.2 Å². The van der Waals surface area contributed by atoms with E-state index in [4.69, 9.17) is 4.74 Å². The number of amides is 1. The van der Waals surface area contributed by atoms with E-state index in [0.717, 1.165) is 44.5 Å². The van der Waals surface area contributed by atoms with E-state index in [1.54, 1.807) is 0 Å². The number of likely N-dealkylation sites (tertiary alicyclic amines) is 1. The predicted octanol–water partition coefficient (Wildman–Crippen LogP) is 5.12. The van der Waals surface area contributed by atoms with Crippen LogP contribution in [0.25, 0.3) is 0 Å². The van der Waals surface area contributed by atoms with Gasteiger partial charge in [0.2, 0.25) is 5.91 Å². The highest BCUT2D eigenvalue weighted by molar-refractivity contribution is 5.76. The molecule has 0 spiro atoms. The molecule has 0 unspecified atom stereocenters. The van der Waals surface area contributed by atoms with Gasteiger partial charge < -0.3 is 19.6 Å². The first kappa shape index (κ1) is 27.2. The van der Waals surface area contributed by atoms with Crippen LogP contribution in [0.1, 0.15) is 77.7 Å². The van der Waals surface area contributed by atoms with Crippen LogP contribution in [-0.2, 0) is 16.1 Å². The molecule has 0 radical (unpaired) electrons. The monoisotopic (exact) mass is 472 g/mol. The Kier molecular flexibility index (Phi) is 10.9. The molecular formula is C29H48N2O3. The van der Waals surface area contributed by atoms with E-state index >= 15 is 0 Å². The standard InChI is InChI=1S/C29H48N2O3/c1-4-5-6-10-16-30-17-15-25-19-28(33)31(20-24-12-8-7-9-13-24)22-27(32)29(2,3)23-34-18-11-14-26(25)21-30/h7-9,12-13,25-27,32H,4-6,10-11,14-23H2,1-3H3/t25-,26-,27-/m0/s1. The molecule has 2 heterocycles. The number of β-amino-alcohol motifs (C(OH)–C–C–N with tert-alkyl or cyclic N) is 1. The maximum atomic E-state index is 13.6. The maximum Gasteiger partial charge on any atom is 0.223 e. The summed E-state index contributed by atoms with van der Waals surface area (Å²) < 4.78 is 6.03. The van der Waals surface area contributed by atoms with E-state index < -0.39 is 11.5 Å². The zero-order valence-corrected chi connectivity index (χ0v) is 21.9. The number of aliphatic hydroxyl groups excluding tert-OH is 1. The number of hydrogen-bond donors (Lipinski definition) is 1. The van der Waals surface area contributed by atoms with Crippen molar-refractivity contribution in [3.63, 3.8) is 0 Å². The summed E-state index contributed by atoms with van der Waals surface area (Å²) in [7, 11) is 0. The summed E-state index contributed by atoms with van der Waals surface area (Å²) in [6.07, 6.45) is 8.41. The van der Waals surface area contributed by atoms with Crippen molar-refractivity contribution in [3.8, 4) is 0 Å². The smallest absolute Gasteiger partial charge is 0.223 e. The number of piperidine rings is 1. The molecule has 2 aliphatic rings. The Bertz CT molecular complexity index is 723. The van der Waals surface area contributed by atoms with Crippen LogP contribution in [0.4, 0.5) is 0 Å². The third-order valence-electron chi connectivity index (χ3n) is 7.94. The van der Waals surface area contributed by atoms with Crippen LogP contribution < -0.4 is 0 Å². The third kappa shape index (κ3) is 8.35. The number of ether oxygens (including phenoxy) is 1. The number of nitrogens with zero attached hydrogens (tertiary/aromatic N) is 2. The lowest BCUT2D eigenvalue weighted by molar-refractivity contribution is -0.137. The van der Waals surface area contributed by atoms with Gasteiger partial charge in [-0.15, -0.1) is 0 Å². The van der Waals surface area contributed by atoms with Crippen LogP contribution in [-0.4, -0.2) is 66.3 Å². The van der Waals surface area contributed by atoms with Gasteiger partial charge >= 0.3 is 0 Å². The highest BCUT2D eigenvalue weighted by Gasteiger charge is 2.35. The second kappa shape index (κ2) is 13.6. The topological polar surface area (TPSA) is 53.0 Å². The Balaban J connectivity index is 1.71. The van der Waals surface area contributed by atoms with Crippen molar-refractivity contribution in [3.05, 3.63) is 35.9 Å². The first-order valence-electron chi connectivity index (χ1n) is 13.7. The van der Waals surface area contributed by atoms with Crippen molar-refractivity contribution in [2.45, 2.75) is 84.8 Å². The molecule has 5 heteroatoms. The molecule has 3 atom stereocenters. The lowest BCUT2D eigenvalue weighted by atomic mass is 9.80. The van der Waals surface area contributed by atoms with Crippen LogP contribution >= 0.6 is 0 Å². The minimum atomic E-state index is -0.623. The molecule has 5 nitrogen and oxygen atoms in total. The van der Waals surface area contributed by atoms with Gasteiger partial charge in [0.05, 0.1) is 12.7 Å². The molecule has 1 aromatic carbocycles. The lowest BCUT2D eigenvalue weighted by Gasteiger charge is -2.39. The third-order valence-corrected chi connectivity index (χ3v) is 7.94. The number of carbonyl (C=O) groups excluding carboxylic acids is 1. The van der Waals surface area contributed by atoms with Gasteiger partial charge in [-0.1, -0.05) is 70.4 Å². The van der Waals surface area contributed by atoms with Gasteiger partial charge in [-0.2, -0.15) is 0 Å². The van der Waals surface area contributed by atoms with Gasteiger partial charge in [0.25, 0.3) is 0 Å². The second-order valence-electron chi connectivity index (χ2n) is 11.3. The first-order valence-corrected chi connectivity index (χ1v) is 13.7. The van der Waals surface area contributed by atoms with Crippen LogP contribution in [0, 0.1) is 17.3 Å². The molecule has 1 N–H and O–H groups in total. The van der Waals surface area contributed by atoms with Crippen molar-refractivity contribution in [1.82, 2.24) is 9.80 Å². The number of aliphatic hydroxyl groups is 1. The summed E-state index contributed by atoms with van der Waals surface area (Å²) in [5.74, 6) is 1.15. The van der Waals surface area contributed by atoms with E-state index in [1.807, 2.05) is 36.9 Å². The Labute approximate surface area is 207 Å². The van der Waals surface area contributed by atoms with E-state index in [9.17, 15) is 9.90 Å². The van der Waals surface area contributed by atoms with Crippen LogP contribution in [0.2, 0.25) is 0 Å². The summed E-state index contributed by atoms with van der Waals surface area (Å²) in [5, 5.41) is 11.1. The predicted molar refractivity (Wildman–Crippen MR) is 138 cm³/mol. The zero-order chi connectivity index (χ0) is 24.4. The molecule has 34 heavy (non-hydrogen) atoms. The lowest BCUT2D eigenvalue weighted by Crippen LogP contribution is -2.46. The van der Waals surface area contributed by atoms with Gasteiger partial charge in [0.15, 0.2) is 0 Å². The summed E-state index contributed by atoms with van der Waals surface area (Å²) in [4.78, 5) is 18.2. The molecule has 0 saturated carbocycles. The minimum Gasteiger partial charge on any atom is -0.391 e. The fourth-order valence-electron chi connectivity index (χ4n) is 5.46. The molecule has 1 aromatic rings. The Morgan fingerprint density at radius 3 is 2.62 bits per heavy atom. The van der Waals surface area contributed by atoms with Crippen molar-refractivity contribution in [2.75, 3.05) is 39.4 Å². The average Bonchev–Trinajstić information content (AvgIpc) is 2.83. The van der Waals surface area contributed by atoms with Gasteiger partial charge in [0.1, 0.15) is 0 Å². The van der Waals surface area contributed by atoms with Crippen molar-refractivity contribution < 1.29 is 14.6 Å². The molecule has 2 aliphatic heterocycles. The van der Waals surface area contributed by atoms with E-state index in [0.29, 0.717) is 38.0 Å². The number of rotatable bonds is 7. The Hall–Kier alpha value is -1.43. The molecule has 2 fully saturated rings. The quantitative estimate of drug-likeness (QED) is 0.560. The van der Waals surface area contributed by atoms with Crippen molar-refractivity contribution >= 4 is 5.91 Å². The summed E-state index contributed by atoms with van der Waals surface area (Å²) in [6, 6.07) is 10.2. The summed E-state index contributed by atoms with van der Waals surface area (Å²) in [5.41, 5.74) is 0.713. The molecule has 192 valence electrons. The van der Waals surface area contributed by atoms with Gasteiger partial charge in [0, 0.05) is 38.1 Å². The highest BCUT2D eigenvalue weighted by atomic mass is 16.5. The first-order chi connectivity index (χ1) is 16.4. The van der Waals surface area contributed by atoms with Gasteiger partial charge in [-0.3, -0.25) is 4.79 Å². The molecule has 0 aromatic heterocycles. The van der Waals surface area contributed by atoms with Gasteiger partial charge in [-0.25, -0.2) is 0 Å². The Morgan fingerprint density at radius 2 is 1.85 bits per heavy atom. The second-order valence-corrected chi connectivity index (χ2v) is 11.3. The van der Waals surface area contributed by atoms with Crippen molar-refractivity contribution in [1.29, 1.82) is 0 Å². The molecule has 0 aliphatic carbocycles. The largest absolute Gasteiger partial charge is 0.391 e. The molecular weight excluding hydrogens is 424 g/mol. The summed E-state index contributed by atoms with van der Waals surface area (Å²) in [6.45, 7) is 11.9. The fraction of sp³-hybridized carbons (Fsp3) is 0.759.